The van der Waals surface area contributed by atoms with Crippen LogP contribution in [0.3, 0.4) is 0 Å². The van der Waals surface area contributed by atoms with Crippen LogP contribution in [0.5, 0.6) is 0 Å². The van der Waals surface area contributed by atoms with Gasteiger partial charge in [-0.3, -0.25) is 4.79 Å². The Morgan fingerprint density at radius 1 is 1.20 bits per heavy atom. The summed E-state index contributed by atoms with van der Waals surface area (Å²) in [6.45, 7) is 6.15. The predicted molar refractivity (Wildman–Crippen MR) is 113 cm³/mol. The van der Waals surface area contributed by atoms with E-state index in [2.05, 4.69) is 20.0 Å². The number of nitrogens with zero attached hydrogens (tertiary/aromatic N) is 2. The second-order valence-electron chi connectivity index (χ2n) is 8.70. The number of carbonyl (C=O) groups is 2. The van der Waals surface area contributed by atoms with Crippen molar-refractivity contribution >= 4 is 17.6 Å². The van der Waals surface area contributed by atoms with Crippen molar-refractivity contribution in [2.45, 2.75) is 32.2 Å². The van der Waals surface area contributed by atoms with Gasteiger partial charge in [-0.25, -0.2) is 9.18 Å². The van der Waals surface area contributed by atoms with Gasteiger partial charge in [0, 0.05) is 17.7 Å². The number of carbonyl (C=O) groups excluding carboxylic acids is 2. The Bertz CT molecular complexity index is 975. The van der Waals surface area contributed by atoms with Crippen molar-refractivity contribution in [3.8, 4) is 0 Å². The Hall–Kier alpha value is -2.73. The Morgan fingerprint density at radius 2 is 1.93 bits per heavy atom. The third kappa shape index (κ3) is 3.72. The standard InChI is InChI=1S/C24H28FN2O3/c1-4-30-23(28)15-27(3)12-11-22-20(14-27)19-13-16(2)5-10-21(19)26(22)24(29)17-6-8-18(25)9-7-17/h5-10,13,20,22H,4,11-12,14-15H2,1-3H3/q+1. The number of hydrogen-bond acceptors (Lipinski definition) is 3. The molecule has 1 amide bonds. The lowest BCUT2D eigenvalue weighted by Gasteiger charge is -2.43. The number of likely N-dealkylation sites (tertiary alicyclic amines) is 1. The average molecular weight is 411 g/mol. The minimum atomic E-state index is -0.355. The molecule has 2 aromatic rings. The van der Waals surface area contributed by atoms with Crippen LogP contribution in [-0.2, 0) is 9.53 Å². The molecule has 2 heterocycles. The minimum Gasteiger partial charge on any atom is -0.462 e. The number of amides is 1. The molecule has 0 saturated carbocycles. The monoisotopic (exact) mass is 411 g/mol. The summed E-state index contributed by atoms with van der Waals surface area (Å²) in [4.78, 5) is 27.5. The third-order valence-electron chi connectivity index (χ3n) is 6.37. The van der Waals surface area contributed by atoms with E-state index in [0.717, 1.165) is 36.3 Å². The van der Waals surface area contributed by atoms with Crippen LogP contribution in [-0.4, -0.2) is 55.7 Å². The fraction of sp³-hybridized carbons (Fsp3) is 0.417. The number of likely N-dealkylation sites (N-methyl/N-ethyl adjacent to an activating group) is 1. The number of fused-ring (bicyclic) bond motifs is 3. The van der Waals surface area contributed by atoms with Crippen LogP contribution in [0.2, 0.25) is 0 Å². The number of hydrogen-bond donors (Lipinski definition) is 0. The molecule has 1 saturated heterocycles. The Kier molecular flexibility index (Phi) is 5.36. The number of esters is 1. The van der Waals surface area contributed by atoms with Crippen LogP contribution < -0.4 is 4.90 Å². The number of rotatable bonds is 4. The SMILES string of the molecule is CCOC(=O)C[N+]1(C)CCC2C(C1)c1cc(C)ccc1N2C(=O)c1ccc(F)cc1. The van der Waals surface area contributed by atoms with Gasteiger partial charge < -0.3 is 14.1 Å². The number of halogens is 1. The maximum Gasteiger partial charge on any atom is 0.361 e. The van der Waals surface area contributed by atoms with E-state index in [4.69, 9.17) is 4.74 Å². The molecule has 2 aliphatic rings. The highest BCUT2D eigenvalue weighted by Crippen LogP contribution is 2.46. The second-order valence-corrected chi connectivity index (χ2v) is 8.70. The topological polar surface area (TPSA) is 46.6 Å². The number of aryl methyl sites for hydroxylation is 1. The summed E-state index contributed by atoms with van der Waals surface area (Å²) in [7, 11) is 2.09. The van der Waals surface area contributed by atoms with Gasteiger partial charge >= 0.3 is 5.97 Å². The maximum atomic E-state index is 13.4. The Balaban J connectivity index is 1.67. The average Bonchev–Trinajstić information content (AvgIpc) is 3.00. The van der Waals surface area contributed by atoms with E-state index < -0.39 is 0 Å². The first-order chi connectivity index (χ1) is 14.3. The van der Waals surface area contributed by atoms with Crippen molar-refractivity contribution in [3.63, 3.8) is 0 Å². The molecule has 0 aromatic heterocycles. The van der Waals surface area contributed by atoms with Gasteiger partial charge in [0.05, 0.1) is 38.7 Å². The molecule has 0 radical (unpaired) electrons. The molecule has 0 spiro atoms. The van der Waals surface area contributed by atoms with E-state index >= 15 is 0 Å². The molecule has 5 nitrogen and oxygen atoms in total. The zero-order chi connectivity index (χ0) is 21.5. The Morgan fingerprint density at radius 3 is 2.63 bits per heavy atom. The summed E-state index contributed by atoms with van der Waals surface area (Å²) in [5.74, 6) is -0.488. The van der Waals surface area contributed by atoms with E-state index in [1.54, 1.807) is 12.1 Å². The molecule has 4 rings (SSSR count). The van der Waals surface area contributed by atoms with E-state index in [-0.39, 0.29) is 29.7 Å². The van der Waals surface area contributed by atoms with Gasteiger partial charge in [0.2, 0.25) is 0 Å². The number of ether oxygens (including phenoxy) is 1. The van der Waals surface area contributed by atoms with Crippen molar-refractivity contribution in [1.29, 1.82) is 0 Å². The molecule has 2 aromatic carbocycles. The number of quaternary nitrogens is 1. The summed E-state index contributed by atoms with van der Waals surface area (Å²) >= 11 is 0. The van der Waals surface area contributed by atoms with E-state index in [9.17, 15) is 14.0 Å². The summed E-state index contributed by atoms with van der Waals surface area (Å²) in [5.41, 5.74) is 3.71. The first kappa shape index (κ1) is 20.5. The molecule has 3 unspecified atom stereocenters. The van der Waals surface area contributed by atoms with Gasteiger partial charge in [0.1, 0.15) is 5.82 Å². The Labute approximate surface area is 176 Å². The van der Waals surface area contributed by atoms with E-state index in [0.29, 0.717) is 23.2 Å². The van der Waals surface area contributed by atoms with Crippen LogP contribution in [0.4, 0.5) is 10.1 Å². The fourth-order valence-electron chi connectivity index (χ4n) is 4.97. The highest BCUT2D eigenvalue weighted by Gasteiger charge is 2.49. The molecule has 0 bridgehead atoms. The van der Waals surface area contributed by atoms with E-state index in [1.165, 1.54) is 12.1 Å². The fourth-order valence-corrected chi connectivity index (χ4v) is 4.97. The zero-order valence-corrected chi connectivity index (χ0v) is 17.7. The van der Waals surface area contributed by atoms with Crippen molar-refractivity contribution in [1.82, 2.24) is 0 Å². The van der Waals surface area contributed by atoms with Gasteiger partial charge in [-0.2, -0.15) is 0 Å². The molecule has 6 heteroatoms. The van der Waals surface area contributed by atoms with Crippen LogP contribution in [0, 0.1) is 12.7 Å². The molecular formula is C24H28FN2O3+. The highest BCUT2D eigenvalue weighted by atomic mass is 19.1. The van der Waals surface area contributed by atoms with Crippen molar-refractivity contribution in [3.05, 3.63) is 65.0 Å². The lowest BCUT2D eigenvalue weighted by molar-refractivity contribution is -0.908. The first-order valence-corrected chi connectivity index (χ1v) is 10.5. The molecular weight excluding hydrogens is 383 g/mol. The van der Waals surface area contributed by atoms with Crippen LogP contribution in [0.25, 0.3) is 0 Å². The summed E-state index contributed by atoms with van der Waals surface area (Å²) in [6, 6.07) is 12.0. The van der Waals surface area contributed by atoms with Gasteiger partial charge in [-0.1, -0.05) is 17.7 Å². The van der Waals surface area contributed by atoms with Crippen molar-refractivity contribution < 1.29 is 23.2 Å². The first-order valence-electron chi connectivity index (χ1n) is 10.5. The minimum absolute atomic E-state index is 0.0350. The molecule has 30 heavy (non-hydrogen) atoms. The summed E-state index contributed by atoms with van der Waals surface area (Å²) < 4.78 is 19.1. The highest BCUT2D eigenvalue weighted by molar-refractivity contribution is 6.08. The third-order valence-corrected chi connectivity index (χ3v) is 6.37. The number of anilines is 1. The van der Waals surface area contributed by atoms with Crippen LogP contribution >= 0.6 is 0 Å². The van der Waals surface area contributed by atoms with Crippen LogP contribution in [0.15, 0.2) is 42.5 Å². The smallest absolute Gasteiger partial charge is 0.361 e. The normalized spacial score (nSPS) is 24.9. The molecule has 2 aliphatic heterocycles. The van der Waals surface area contributed by atoms with Gasteiger partial charge in [-0.15, -0.1) is 0 Å². The predicted octanol–water partition coefficient (Wildman–Crippen LogP) is 3.66. The summed E-state index contributed by atoms with van der Waals surface area (Å²) in [5, 5.41) is 0. The van der Waals surface area contributed by atoms with Crippen molar-refractivity contribution in [2.75, 3.05) is 38.2 Å². The van der Waals surface area contributed by atoms with Crippen LogP contribution in [0.1, 0.15) is 40.7 Å². The molecule has 0 N–H and O–H groups in total. The summed E-state index contributed by atoms with van der Waals surface area (Å²) in [6.07, 6.45) is 0.793. The number of piperidine rings is 1. The zero-order valence-electron chi connectivity index (χ0n) is 17.7. The molecule has 3 atom stereocenters. The quantitative estimate of drug-likeness (QED) is 0.570. The molecule has 158 valence electrons. The molecule has 1 fully saturated rings. The lowest BCUT2D eigenvalue weighted by atomic mass is 9.87. The maximum absolute atomic E-state index is 13.4. The van der Waals surface area contributed by atoms with E-state index in [1.807, 2.05) is 24.0 Å². The lowest BCUT2D eigenvalue weighted by Crippen LogP contribution is -2.58. The molecule has 0 aliphatic carbocycles. The van der Waals surface area contributed by atoms with Crippen molar-refractivity contribution in [2.24, 2.45) is 0 Å². The number of benzene rings is 2. The van der Waals surface area contributed by atoms with Gasteiger partial charge in [0.15, 0.2) is 6.54 Å². The van der Waals surface area contributed by atoms with Gasteiger partial charge in [0.25, 0.3) is 5.91 Å². The van der Waals surface area contributed by atoms with Gasteiger partial charge in [-0.05, 0) is 49.7 Å². The largest absolute Gasteiger partial charge is 0.462 e. The second kappa shape index (κ2) is 7.84.